The lowest BCUT2D eigenvalue weighted by Gasteiger charge is -2.42. The van der Waals surface area contributed by atoms with Crippen LogP contribution in [0.4, 0.5) is 0 Å². The van der Waals surface area contributed by atoms with Crippen LogP contribution in [0.25, 0.3) is 11.1 Å². The second-order valence-electron chi connectivity index (χ2n) is 10.8. The summed E-state index contributed by atoms with van der Waals surface area (Å²) < 4.78 is 13.2. The normalized spacial score (nSPS) is 25.5. The molecule has 3 aromatic rings. The van der Waals surface area contributed by atoms with Crippen LogP contribution in [-0.4, -0.2) is 52.9 Å². The first-order valence-corrected chi connectivity index (χ1v) is 13.7. The van der Waals surface area contributed by atoms with E-state index in [1.54, 1.807) is 0 Å². The molecule has 0 spiro atoms. The van der Waals surface area contributed by atoms with Crippen LogP contribution in [0.1, 0.15) is 54.9 Å². The number of carbonyl (C=O) groups excluding carboxylic acids is 1. The van der Waals surface area contributed by atoms with Crippen LogP contribution >= 0.6 is 0 Å². The van der Waals surface area contributed by atoms with Crippen LogP contribution in [0.5, 0.6) is 0 Å². The summed E-state index contributed by atoms with van der Waals surface area (Å²) in [6.07, 6.45) is -0.245. The highest BCUT2D eigenvalue weighted by atomic mass is 16.7. The van der Waals surface area contributed by atoms with Gasteiger partial charge < -0.3 is 25.0 Å². The number of hydrogen-bond donors (Lipinski definition) is 3. The van der Waals surface area contributed by atoms with Gasteiger partial charge in [-0.15, -0.1) is 0 Å². The minimum absolute atomic E-state index is 0.00943. The Morgan fingerprint density at radius 1 is 0.974 bits per heavy atom. The highest BCUT2D eigenvalue weighted by Crippen LogP contribution is 2.42. The average molecular weight is 531 g/mol. The number of carbonyl (C=O) groups is 1. The molecule has 2 aliphatic rings. The van der Waals surface area contributed by atoms with E-state index in [0.29, 0.717) is 13.1 Å². The Kier molecular flexibility index (Phi) is 8.75. The third-order valence-electron chi connectivity index (χ3n) is 7.79. The smallest absolute Gasteiger partial charge is 0.217 e. The molecule has 3 N–H and O–H groups in total. The Labute approximate surface area is 230 Å². The molecule has 2 saturated heterocycles. The fourth-order valence-corrected chi connectivity index (χ4v) is 5.48. The summed E-state index contributed by atoms with van der Waals surface area (Å²) in [5, 5.41) is 22.4. The van der Waals surface area contributed by atoms with Gasteiger partial charge in [0.2, 0.25) is 5.91 Å². The number of aliphatic hydroxyl groups is 2. The predicted octanol–water partition coefficient (Wildman–Crippen LogP) is 4.34. The van der Waals surface area contributed by atoms with Gasteiger partial charge in [0, 0.05) is 44.6 Å². The zero-order chi connectivity index (χ0) is 27.4. The molecule has 0 radical (unpaired) electrons. The van der Waals surface area contributed by atoms with Crippen molar-refractivity contribution in [1.82, 2.24) is 10.2 Å². The molecule has 0 unspecified atom stereocenters. The van der Waals surface area contributed by atoms with E-state index < -0.39 is 6.29 Å². The monoisotopic (exact) mass is 530 g/mol. The molecule has 7 nitrogen and oxygen atoms in total. The van der Waals surface area contributed by atoms with Gasteiger partial charge in [-0.25, -0.2) is 0 Å². The Balaban J connectivity index is 1.36. The molecule has 5 rings (SSSR count). The maximum absolute atomic E-state index is 11.3. The van der Waals surface area contributed by atoms with Crippen molar-refractivity contribution in [3.8, 4) is 11.1 Å². The van der Waals surface area contributed by atoms with E-state index in [1.165, 1.54) is 6.92 Å². The number of hydrogen-bond acceptors (Lipinski definition) is 6. The molecule has 2 fully saturated rings. The zero-order valence-electron chi connectivity index (χ0n) is 22.6. The number of ether oxygens (including phenoxy) is 2. The van der Waals surface area contributed by atoms with E-state index >= 15 is 0 Å². The van der Waals surface area contributed by atoms with E-state index in [4.69, 9.17) is 9.47 Å². The lowest BCUT2D eigenvalue weighted by Crippen LogP contribution is -2.44. The van der Waals surface area contributed by atoms with Crippen LogP contribution in [0.2, 0.25) is 0 Å². The fraction of sp³-hybridized carbons (Fsp3) is 0.406. The fourth-order valence-electron chi connectivity index (χ4n) is 5.48. The molecule has 206 valence electrons. The lowest BCUT2D eigenvalue weighted by molar-refractivity contribution is -0.276. The van der Waals surface area contributed by atoms with Crippen LogP contribution in [0, 0.1) is 5.92 Å². The largest absolute Gasteiger partial charge is 0.392 e. The number of β-amino-alcohol motifs (C(OH)–C–C–N with tert-alkyl or cyclic N) is 1. The predicted molar refractivity (Wildman–Crippen MR) is 149 cm³/mol. The van der Waals surface area contributed by atoms with E-state index in [-0.39, 0.29) is 36.7 Å². The molecule has 39 heavy (non-hydrogen) atoms. The summed E-state index contributed by atoms with van der Waals surface area (Å²) in [7, 11) is 0. The van der Waals surface area contributed by atoms with Gasteiger partial charge in [-0.1, -0.05) is 73.7 Å². The quantitative estimate of drug-likeness (QED) is 0.401. The Bertz CT molecular complexity index is 1250. The number of rotatable bonds is 8. The molecule has 0 aromatic heterocycles. The maximum Gasteiger partial charge on any atom is 0.217 e. The van der Waals surface area contributed by atoms with Gasteiger partial charge in [0.25, 0.3) is 0 Å². The number of nitrogens with one attached hydrogen (secondary N) is 1. The van der Waals surface area contributed by atoms with Crippen molar-refractivity contribution in [2.24, 2.45) is 5.92 Å². The number of aliphatic hydroxyl groups excluding tert-OH is 2. The first-order valence-electron chi connectivity index (χ1n) is 13.7. The summed E-state index contributed by atoms with van der Waals surface area (Å²) in [5.41, 5.74) is 6.08. The summed E-state index contributed by atoms with van der Waals surface area (Å²) in [6, 6.07) is 24.4. The second kappa shape index (κ2) is 12.4. The summed E-state index contributed by atoms with van der Waals surface area (Å²) in [5.74, 6) is 0.0537. The molecular formula is C32H38N2O5. The number of likely N-dealkylation sites (tertiary alicyclic amines) is 1. The highest BCUT2D eigenvalue weighted by molar-refractivity contribution is 5.73. The minimum atomic E-state index is -0.526. The van der Waals surface area contributed by atoms with Crippen LogP contribution in [0.3, 0.4) is 0 Å². The van der Waals surface area contributed by atoms with E-state index in [1.807, 2.05) is 36.4 Å². The van der Waals surface area contributed by atoms with Crippen LogP contribution in [-0.2, 0) is 27.4 Å². The van der Waals surface area contributed by atoms with Gasteiger partial charge in [-0.3, -0.25) is 9.69 Å². The number of benzene rings is 3. The third-order valence-corrected chi connectivity index (χ3v) is 7.79. The third kappa shape index (κ3) is 6.75. The van der Waals surface area contributed by atoms with Crippen molar-refractivity contribution in [3.05, 3.63) is 95.1 Å². The van der Waals surface area contributed by atoms with Crippen molar-refractivity contribution in [2.75, 3.05) is 19.6 Å². The summed E-state index contributed by atoms with van der Waals surface area (Å²) in [6.45, 7) is 6.47. The molecule has 2 aliphatic heterocycles. The van der Waals surface area contributed by atoms with Crippen molar-refractivity contribution < 1.29 is 24.5 Å². The van der Waals surface area contributed by atoms with Crippen molar-refractivity contribution in [2.45, 2.75) is 58.0 Å². The van der Waals surface area contributed by atoms with Crippen molar-refractivity contribution in [3.63, 3.8) is 0 Å². The van der Waals surface area contributed by atoms with Gasteiger partial charge in [0.05, 0.1) is 24.9 Å². The van der Waals surface area contributed by atoms with Crippen LogP contribution < -0.4 is 5.32 Å². The van der Waals surface area contributed by atoms with Gasteiger partial charge in [0.15, 0.2) is 6.29 Å². The van der Waals surface area contributed by atoms with E-state index in [2.05, 4.69) is 53.5 Å². The highest BCUT2D eigenvalue weighted by Gasteiger charge is 2.39. The molecule has 0 bridgehead atoms. The molecule has 2 heterocycles. The molecule has 5 atom stereocenters. The molecule has 0 aliphatic carbocycles. The average Bonchev–Trinajstić information content (AvgIpc) is 3.37. The minimum Gasteiger partial charge on any atom is -0.392 e. The van der Waals surface area contributed by atoms with Gasteiger partial charge in [-0.05, 0) is 40.3 Å². The zero-order valence-corrected chi connectivity index (χ0v) is 22.6. The first kappa shape index (κ1) is 27.5. The second-order valence-corrected chi connectivity index (χ2v) is 10.8. The van der Waals surface area contributed by atoms with E-state index in [9.17, 15) is 15.0 Å². The molecule has 7 heteroatoms. The Hall–Kier alpha value is -3.07. The topological polar surface area (TPSA) is 91.3 Å². The standard InChI is InChI=1S/C32H38N2O5/c1-21-30(19-34-15-14-29(37)18-34)38-32(39-31(21)26-8-6-23(20-35)7-9-26)27-12-10-25(11-13-27)28-5-3-4-24(16-28)17-33-22(2)36/h3-13,16,21,29-32,35,37H,14-15,17-20H2,1-2H3,(H,33,36)/t21-,29+,30+,31+,32+/m1/s1. The van der Waals surface area contributed by atoms with Gasteiger partial charge in [-0.2, -0.15) is 0 Å². The number of amides is 1. The van der Waals surface area contributed by atoms with Crippen molar-refractivity contribution >= 4 is 5.91 Å². The Morgan fingerprint density at radius 2 is 1.72 bits per heavy atom. The molecule has 3 aromatic carbocycles. The molecule has 1 amide bonds. The van der Waals surface area contributed by atoms with Gasteiger partial charge in [0.1, 0.15) is 0 Å². The molecular weight excluding hydrogens is 492 g/mol. The van der Waals surface area contributed by atoms with Gasteiger partial charge >= 0.3 is 0 Å². The Morgan fingerprint density at radius 3 is 2.38 bits per heavy atom. The van der Waals surface area contributed by atoms with E-state index in [0.717, 1.165) is 52.9 Å². The summed E-state index contributed by atoms with van der Waals surface area (Å²) in [4.78, 5) is 13.6. The number of nitrogens with zero attached hydrogens (tertiary/aromatic N) is 1. The maximum atomic E-state index is 11.3. The first-order chi connectivity index (χ1) is 18.9. The van der Waals surface area contributed by atoms with Crippen molar-refractivity contribution in [1.29, 1.82) is 0 Å². The van der Waals surface area contributed by atoms with Crippen LogP contribution in [0.15, 0.2) is 72.8 Å². The SMILES string of the molecule is CC(=O)NCc1cccc(-c2ccc([C@H]3O[C@@H](CN4CC[C@H](O)C4)[C@@H](C)[C@@H](c4ccc(CO)cc4)O3)cc2)c1. The summed E-state index contributed by atoms with van der Waals surface area (Å²) >= 11 is 0. The lowest BCUT2D eigenvalue weighted by atomic mass is 9.90. The molecule has 0 saturated carbocycles.